The van der Waals surface area contributed by atoms with E-state index < -0.39 is 0 Å². The summed E-state index contributed by atoms with van der Waals surface area (Å²) in [5, 5.41) is 10.6. The first-order valence-corrected chi connectivity index (χ1v) is 8.73. The second kappa shape index (κ2) is 8.10. The van der Waals surface area contributed by atoms with E-state index in [9.17, 15) is 0 Å². The smallest absolute Gasteiger partial charge is 0.0632 e. The van der Waals surface area contributed by atoms with Crippen molar-refractivity contribution in [2.75, 3.05) is 13.1 Å². The molecule has 1 fully saturated rings. The molecule has 1 aliphatic rings. The molecule has 0 radical (unpaired) electrons. The zero-order valence-electron chi connectivity index (χ0n) is 12.3. The largest absolute Gasteiger partial charge is 0.301 e. The number of hydrogen-bond acceptors (Lipinski definition) is 3. The van der Waals surface area contributed by atoms with Crippen molar-refractivity contribution in [3.8, 4) is 0 Å². The monoisotopic (exact) mass is 417 g/mol. The van der Waals surface area contributed by atoms with Crippen LogP contribution in [0.4, 0.5) is 0 Å². The third kappa shape index (κ3) is 5.23. The Balaban J connectivity index is 0.000000225. The Morgan fingerprint density at radius 2 is 1.90 bits per heavy atom. The van der Waals surface area contributed by atoms with Crippen molar-refractivity contribution in [3.63, 3.8) is 0 Å². The number of nitrogens with zero attached hydrogens (tertiary/aromatic N) is 4. The molecule has 0 aliphatic carbocycles. The van der Waals surface area contributed by atoms with Gasteiger partial charge in [-0.15, -0.1) is 0 Å². The van der Waals surface area contributed by atoms with Gasteiger partial charge >= 0.3 is 0 Å². The van der Waals surface area contributed by atoms with Gasteiger partial charge in [0.2, 0.25) is 0 Å². The van der Waals surface area contributed by atoms with Crippen molar-refractivity contribution in [3.05, 3.63) is 33.7 Å². The molecule has 0 aromatic carbocycles. The lowest BCUT2D eigenvalue weighted by Crippen LogP contribution is -2.39. The highest BCUT2D eigenvalue weighted by Crippen LogP contribution is 2.24. The molecule has 1 aliphatic heterocycles. The molecule has 2 aromatic heterocycles. The fourth-order valence-corrected chi connectivity index (χ4v) is 2.92. The van der Waals surface area contributed by atoms with Crippen LogP contribution in [0.5, 0.6) is 0 Å². The van der Waals surface area contributed by atoms with Gasteiger partial charge in [0.05, 0.1) is 27.4 Å². The van der Waals surface area contributed by atoms with Crippen LogP contribution >= 0.6 is 31.9 Å². The van der Waals surface area contributed by atoms with Crippen LogP contribution in [-0.2, 0) is 0 Å². The minimum atomic E-state index is 0.589. The van der Waals surface area contributed by atoms with Crippen LogP contribution in [0.25, 0.3) is 0 Å². The number of rotatable bonds is 2. The molecule has 21 heavy (non-hydrogen) atoms. The lowest BCUT2D eigenvalue weighted by Gasteiger charge is -2.34. The summed E-state index contributed by atoms with van der Waals surface area (Å²) >= 11 is 6.63. The zero-order valence-corrected chi connectivity index (χ0v) is 15.5. The maximum Gasteiger partial charge on any atom is 0.0632 e. The summed E-state index contributed by atoms with van der Waals surface area (Å²) in [5.41, 5.74) is 0. The summed E-state index contributed by atoms with van der Waals surface area (Å²) in [6.45, 7) is 6.93. The highest BCUT2D eigenvalue weighted by atomic mass is 79.9. The second-order valence-corrected chi connectivity index (χ2v) is 7.25. The topological polar surface area (TPSA) is 49.7 Å². The first-order valence-electron chi connectivity index (χ1n) is 7.14. The highest BCUT2D eigenvalue weighted by Gasteiger charge is 2.22. The molecular formula is C14H21Br2N5. The van der Waals surface area contributed by atoms with Crippen molar-refractivity contribution < 1.29 is 0 Å². The Kier molecular flexibility index (Phi) is 6.44. The highest BCUT2D eigenvalue weighted by molar-refractivity contribution is 9.10. The van der Waals surface area contributed by atoms with Crippen LogP contribution in [0.15, 0.2) is 33.7 Å². The number of aromatic nitrogens is 4. The summed E-state index contributed by atoms with van der Waals surface area (Å²) in [5.74, 6) is 0. The Morgan fingerprint density at radius 3 is 2.29 bits per heavy atom. The fourth-order valence-electron chi connectivity index (χ4n) is 2.42. The Morgan fingerprint density at radius 1 is 1.19 bits per heavy atom. The summed E-state index contributed by atoms with van der Waals surface area (Å²) in [6, 6.07) is 1.27. The second-order valence-electron chi connectivity index (χ2n) is 5.42. The SMILES string of the molecule is Brc1cn[nH]c1.CC(C)N1CCC(n2cc(Br)cn2)CC1. The van der Waals surface area contributed by atoms with E-state index in [1.807, 2.05) is 6.20 Å². The van der Waals surface area contributed by atoms with E-state index in [0.717, 1.165) is 8.95 Å². The van der Waals surface area contributed by atoms with Crippen molar-refractivity contribution in [1.29, 1.82) is 0 Å². The van der Waals surface area contributed by atoms with E-state index in [1.165, 1.54) is 25.9 Å². The van der Waals surface area contributed by atoms with E-state index in [1.54, 1.807) is 12.4 Å². The average molecular weight is 419 g/mol. The van der Waals surface area contributed by atoms with Crippen LogP contribution < -0.4 is 0 Å². The molecule has 0 atom stereocenters. The van der Waals surface area contributed by atoms with E-state index in [-0.39, 0.29) is 0 Å². The average Bonchev–Trinajstić information content (AvgIpc) is 3.11. The van der Waals surface area contributed by atoms with Gasteiger partial charge < -0.3 is 4.90 Å². The molecule has 116 valence electrons. The maximum atomic E-state index is 4.36. The third-order valence-electron chi connectivity index (χ3n) is 3.64. The molecule has 1 saturated heterocycles. The van der Waals surface area contributed by atoms with Crippen molar-refractivity contribution >= 4 is 31.9 Å². The van der Waals surface area contributed by atoms with Gasteiger partial charge in [0.25, 0.3) is 0 Å². The molecule has 7 heteroatoms. The van der Waals surface area contributed by atoms with Gasteiger partial charge in [-0.25, -0.2) is 0 Å². The molecule has 0 saturated carbocycles. The van der Waals surface area contributed by atoms with Gasteiger partial charge in [0, 0.05) is 31.5 Å². The van der Waals surface area contributed by atoms with Gasteiger partial charge in [-0.05, 0) is 58.5 Å². The summed E-state index contributed by atoms with van der Waals surface area (Å²) in [4.78, 5) is 2.54. The van der Waals surface area contributed by atoms with Gasteiger partial charge in [0.1, 0.15) is 0 Å². The number of hydrogen-bond donors (Lipinski definition) is 1. The normalized spacial score (nSPS) is 16.8. The molecular weight excluding hydrogens is 398 g/mol. The lowest BCUT2D eigenvalue weighted by molar-refractivity contribution is 0.147. The van der Waals surface area contributed by atoms with E-state index in [0.29, 0.717) is 12.1 Å². The Hall–Kier alpha value is -0.660. The molecule has 5 nitrogen and oxygen atoms in total. The van der Waals surface area contributed by atoms with Crippen molar-refractivity contribution in [1.82, 2.24) is 24.9 Å². The molecule has 3 heterocycles. The van der Waals surface area contributed by atoms with Gasteiger partial charge in [-0.1, -0.05) is 0 Å². The first kappa shape index (κ1) is 16.7. The summed E-state index contributed by atoms with van der Waals surface area (Å²) in [6.07, 6.45) is 9.84. The first-order chi connectivity index (χ1) is 10.1. The number of aromatic amines is 1. The van der Waals surface area contributed by atoms with Gasteiger partial charge in [0.15, 0.2) is 0 Å². The van der Waals surface area contributed by atoms with Crippen LogP contribution in [0.1, 0.15) is 32.7 Å². The number of halogens is 2. The molecule has 3 rings (SSSR count). The fraction of sp³-hybridized carbons (Fsp3) is 0.571. The number of nitrogens with one attached hydrogen (secondary N) is 1. The molecule has 0 bridgehead atoms. The minimum absolute atomic E-state index is 0.589. The van der Waals surface area contributed by atoms with Crippen LogP contribution in [0, 0.1) is 0 Å². The van der Waals surface area contributed by atoms with Crippen LogP contribution in [0.3, 0.4) is 0 Å². The Labute approximate surface area is 142 Å². The van der Waals surface area contributed by atoms with Crippen molar-refractivity contribution in [2.24, 2.45) is 0 Å². The molecule has 0 unspecified atom stereocenters. The minimum Gasteiger partial charge on any atom is -0.301 e. The third-order valence-corrected chi connectivity index (χ3v) is 4.48. The quantitative estimate of drug-likeness (QED) is 0.805. The van der Waals surface area contributed by atoms with Crippen LogP contribution in [-0.4, -0.2) is 44.0 Å². The van der Waals surface area contributed by atoms with Gasteiger partial charge in [-0.3, -0.25) is 9.78 Å². The van der Waals surface area contributed by atoms with Crippen LogP contribution in [0.2, 0.25) is 0 Å². The number of likely N-dealkylation sites (tertiary alicyclic amines) is 1. The van der Waals surface area contributed by atoms with E-state index in [4.69, 9.17) is 0 Å². The van der Waals surface area contributed by atoms with E-state index >= 15 is 0 Å². The molecule has 2 aromatic rings. The lowest BCUT2D eigenvalue weighted by atomic mass is 10.0. The molecule has 0 amide bonds. The standard InChI is InChI=1S/C11H18BrN3.C3H3BrN2/c1-9(2)14-5-3-11(4-6-14)15-8-10(12)7-13-15;4-3-1-5-6-2-3/h7-9,11H,3-6H2,1-2H3;1-2H,(H,5,6). The predicted octanol–water partition coefficient (Wildman–Crippen LogP) is 3.86. The van der Waals surface area contributed by atoms with E-state index in [2.05, 4.69) is 76.8 Å². The maximum absolute atomic E-state index is 4.36. The molecule has 1 N–H and O–H groups in total. The molecule has 0 spiro atoms. The zero-order chi connectivity index (χ0) is 15.2. The predicted molar refractivity (Wildman–Crippen MR) is 91.2 cm³/mol. The van der Waals surface area contributed by atoms with Gasteiger partial charge in [-0.2, -0.15) is 10.2 Å². The number of H-pyrrole nitrogens is 1. The summed E-state index contributed by atoms with van der Waals surface area (Å²) in [7, 11) is 0. The number of piperidine rings is 1. The Bertz CT molecular complexity index is 515. The summed E-state index contributed by atoms with van der Waals surface area (Å²) < 4.78 is 4.16. The van der Waals surface area contributed by atoms with Crippen molar-refractivity contribution in [2.45, 2.75) is 38.8 Å².